The molecule has 0 radical (unpaired) electrons. The number of nitrogens with two attached hydrogens (primary N) is 1. The highest BCUT2D eigenvalue weighted by atomic mass is 16.5. The third kappa shape index (κ3) is 4.17. The molecule has 1 aromatic carbocycles. The molecule has 1 aromatic rings. The molecule has 2 heteroatoms. The Morgan fingerprint density at radius 2 is 2.20 bits per heavy atom. The van der Waals surface area contributed by atoms with Crippen molar-refractivity contribution in [3.05, 3.63) is 42.5 Å². The van der Waals surface area contributed by atoms with E-state index in [0.717, 1.165) is 18.6 Å². The molecule has 0 spiro atoms. The minimum Gasteiger partial charge on any atom is -0.493 e. The summed E-state index contributed by atoms with van der Waals surface area (Å²) in [4.78, 5) is 0. The molecule has 0 heterocycles. The molecule has 1 unspecified atom stereocenters. The van der Waals surface area contributed by atoms with Gasteiger partial charge >= 0.3 is 0 Å². The van der Waals surface area contributed by atoms with Gasteiger partial charge in [-0.3, -0.25) is 0 Å². The third-order valence-corrected chi connectivity index (χ3v) is 2.09. The summed E-state index contributed by atoms with van der Waals surface area (Å²) in [6.45, 7) is 6.34. The number of rotatable bonds is 6. The van der Waals surface area contributed by atoms with Gasteiger partial charge in [-0.05, 0) is 31.4 Å². The third-order valence-electron chi connectivity index (χ3n) is 2.09. The number of ether oxygens (including phenoxy) is 1. The van der Waals surface area contributed by atoms with Crippen molar-refractivity contribution in [1.29, 1.82) is 0 Å². The van der Waals surface area contributed by atoms with E-state index < -0.39 is 0 Å². The Morgan fingerprint density at radius 1 is 1.47 bits per heavy atom. The van der Waals surface area contributed by atoms with E-state index in [9.17, 15) is 0 Å². The molecular weight excluding hydrogens is 186 g/mol. The summed E-state index contributed by atoms with van der Waals surface area (Å²) in [5.74, 6) is 0.941. The van der Waals surface area contributed by atoms with E-state index in [-0.39, 0.29) is 6.04 Å². The van der Waals surface area contributed by atoms with Gasteiger partial charge in [0.15, 0.2) is 0 Å². The topological polar surface area (TPSA) is 35.2 Å². The Balaban J connectivity index is 2.63. The molecule has 1 atom stereocenters. The van der Waals surface area contributed by atoms with Crippen LogP contribution in [0.15, 0.2) is 36.9 Å². The van der Waals surface area contributed by atoms with Crippen molar-refractivity contribution < 1.29 is 4.74 Å². The van der Waals surface area contributed by atoms with Crippen molar-refractivity contribution in [3.8, 4) is 5.75 Å². The summed E-state index contributed by atoms with van der Waals surface area (Å²) in [7, 11) is 0. The van der Waals surface area contributed by atoms with E-state index in [1.165, 1.54) is 5.56 Å². The molecule has 0 bridgehead atoms. The molecular formula is C13H19NO. The molecule has 0 amide bonds. The fraction of sp³-hybridized carbons (Fsp3) is 0.385. The van der Waals surface area contributed by atoms with E-state index in [2.05, 4.69) is 12.6 Å². The molecule has 0 fully saturated rings. The predicted octanol–water partition coefficient (Wildman–Crippen LogP) is 2.53. The Kier molecular flexibility index (Phi) is 4.91. The summed E-state index contributed by atoms with van der Waals surface area (Å²) in [6, 6.07) is 8.20. The van der Waals surface area contributed by atoms with Gasteiger partial charge in [-0.25, -0.2) is 0 Å². The van der Waals surface area contributed by atoms with Crippen molar-refractivity contribution in [1.82, 2.24) is 0 Å². The standard InChI is InChI=1S/C13H19NO/c1-3-4-9-15-13-8-6-5-7-12(13)10-11(2)14/h3,5-8,11H,1,4,9-10,14H2,2H3. The van der Waals surface area contributed by atoms with Gasteiger partial charge < -0.3 is 10.5 Å². The lowest BCUT2D eigenvalue weighted by Gasteiger charge is -2.12. The van der Waals surface area contributed by atoms with Crippen LogP contribution in [0.4, 0.5) is 0 Å². The molecule has 0 aliphatic rings. The lowest BCUT2D eigenvalue weighted by Crippen LogP contribution is -2.18. The predicted molar refractivity (Wildman–Crippen MR) is 64.1 cm³/mol. The van der Waals surface area contributed by atoms with Crippen LogP contribution in [0.1, 0.15) is 18.9 Å². The lowest BCUT2D eigenvalue weighted by atomic mass is 10.1. The van der Waals surface area contributed by atoms with Gasteiger partial charge in [-0.1, -0.05) is 24.3 Å². The van der Waals surface area contributed by atoms with Crippen molar-refractivity contribution in [2.75, 3.05) is 6.61 Å². The van der Waals surface area contributed by atoms with Crippen LogP contribution in [0.25, 0.3) is 0 Å². The molecule has 15 heavy (non-hydrogen) atoms. The summed E-state index contributed by atoms with van der Waals surface area (Å²) in [5, 5.41) is 0. The van der Waals surface area contributed by atoms with Gasteiger partial charge in [-0.15, -0.1) is 6.58 Å². The highest BCUT2D eigenvalue weighted by Crippen LogP contribution is 2.19. The van der Waals surface area contributed by atoms with Crippen LogP contribution in [-0.2, 0) is 6.42 Å². The lowest BCUT2D eigenvalue weighted by molar-refractivity contribution is 0.321. The summed E-state index contributed by atoms with van der Waals surface area (Å²) in [5.41, 5.74) is 6.95. The summed E-state index contributed by atoms with van der Waals surface area (Å²) >= 11 is 0. The molecule has 0 aliphatic heterocycles. The van der Waals surface area contributed by atoms with Gasteiger partial charge in [0.25, 0.3) is 0 Å². The molecule has 2 N–H and O–H groups in total. The average Bonchev–Trinajstić information content (AvgIpc) is 2.20. The van der Waals surface area contributed by atoms with Crippen molar-refractivity contribution >= 4 is 0 Å². The van der Waals surface area contributed by atoms with Gasteiger partial charge in [0.1, 0.15) is 5.75 Å². The second-order valence-electron chi connectivity index (χ2n) is 3.71. The number of benzene rings is 1. The monoisotopic (exact) mass is 205 g/mol. The van der Waals surface area contributed by atoms with Gasteiger partial charge in [0, 0.05) is 6.04 Å². The minimum absolute atomic E-state index is 0.161. The molecule has 0 aliphatic carbocycles. The molecule has 1 rings (SSSR count). The maximum Gasteiger partial charge on any atom is 0.122 e. The Labute approximate surface area is 91.7 Å². The largest absolute Gasteiger partial charge is 0.493 e. The van der Waals surface area contributed by atoms with E-state index >= 15 is 0 Å². The Morgan fingerprint density at radius 3 is 2.87 bits per heavy atom. The van der Waals surface area contributed by atoms with E-state index in [4.69, 9.17) is 10.5 Å². The number of para-hydroxylation sites is 1. The van der Waals surface area contributed by atoms with Crippen LogP contribution in [0.5, 0.6) is 5.75 Å². The average molecular weight is 205 g/mol. The zero-order valence-electron chi connectivity index (χ0n) is 9.28. The van der Waals surface area contributed by atoms with Crippen LogP contribution >= 0.6 is 0 Å². The molecule has 0 saturated carbocycles. The summed E-state index contributed by atoms with van der Waals surface area (Å²) < 4.78 is 5.65. The van der Waals surface area contributed by atoms with Crippen LogP contribution in [-0.4, -0.2) is 12.6 Å². The fourth-order valence-corrected chi connectivity index (χ4v) is 1.41. The van der Waals surface area contributed by atoms with Crippen LogP contribution in [0, 0.1) is 0 Å². The number of hydrogen-bond acceptors (Lipinski definition) is 2. The first-order valence-electron chi connectivity index (χ1n) is 5.31. The maximum atomic E-state index is 5.78. The van der Waals surface area contributed by atoms with E-state index in [0.29, 0.717) is 6.61 Å². The SMILES string of the molecule is C=CCCOc1ccccc1CC(C)N. The van der Waals surface area contributed by atoms with Crippen molar-refractivity contribution in [2.45, 2.75) is 25.8 Å². The molecule has 2 nitrogen and oxygen atoms in total. The quantitative estimate of drug-likeness (QED) is 0.572. The van der Waals surface area contributed by atoms with Crippen LogP contribution in [0.2, 0.25) is 0 Å². The first kappa shape index (κ1) is 11.8. The molecule has 0 saturated heterocycles. The first-order valence-corrected chi connectivity index (χ1v) is 5.31. The van der Waals surface area contributed by atoms with Gasteiger partial charge in [0.05, 0.1) is 6.61 Å². The second-order valence-corrected chi connectivity index (χ2v) is 3.71. The fourth-order valence-electron chi connectivity index (χ4n) is 1.41. The molecule has 0 aromatic heterocycles. The van der Waals surface area contributed by atoms with Crippen LogP contribution in [0.3, 0.4) is 0 Å². The van der Waals surface area contributed by atoms with Crippen molar-refractivity contribution in [3.63, 3.8) is 0 Å². The van der Waals surface area contributed by atoms with Crippen molar-refractivity contribution in [2.24, 2.45) is 5.73 Å². The van der Waals surface area contributed by atoms with Gasteiger partial charge in [-0.2, -0.15) is 0 Å². The summed E-state index contributed by atoms with van der Waals surface area (Å²) in [6.07, 6.45) is 3.57. The molecule has 82 valence electrons. The highest BCUT2D eigenvalue weighted by Gasteiger charge is 2.04. The minimum atomic E-state index is 0.161. The van der Waals surface area contributed by atoms with Gasteiger partial charge in [0.2, 0.25) is 0 Å². The smallest absolute Gasteiger partial charge is 0.122 e. The zero-order valence-corrected chi connectivity index (χ0v) is 9.28. The second kappa shape index (κ2) is 6.25. The highest BCUT2D eigenvalue weighted by molar-refractivity contribution is 5.33. The van der Waals surface area contributed by atoms with E-state index in [1.54, 1.807) is 0 Å². The Bertz CT molecular complexity index is 307. The van der Waals surface area contributed by atoms with Crippen LogP contribution < -0.4 is 10.5 Å². The number of hydrogen-bond donors (Lipinski definition) is 1. The zero-order chi connectivity index (χ0) is 11.1. The van der Waals surface area contributed by atoms with E-state index in [1.807, 2.05) is 31.2 Å². The maximum absolute atomic E-state index is 5.78. The first-order chi connectivity index (χ1) is 7.24. The Hall–Kier alpha value is -1.28. The normalized spacial score (nSPS) is 12.1.